The number of aliphatic carboxylic acids is 1. The van der Waals surface area contributed by atoms with Gasteiger partial charge in [-0.25, -0.2) is 4.79 Å². The number of benzene rings is 1. The van der Waals surface area contributed by atoms with Gasteiger partial charge >= 0.3 is 11.9 Å². The minimum Gasteiger partial charge on any atom is -0.474 e. The highest BCUT2D eigenvalue weighted by molar-refractivity contribution is 9.10. The van der Waals surface area contributed by atoms with E-state index in [1.807, 2.05) is 0 Å². The molecular weight excluding hydrogens is 278 g/mol. The van der Waals surface area contributed by atoms with Crippen LogP contribution in [0.15, 0.2) is 22.7 Å². The first kappa shape index (κ1) is 12.4. The zero-order chi connectivity index (χ0) is 12.3. The maximum atomic E-state index is 11.3. The maximum absolute atomic E-state index is 11.3. The lowest BCUT2D eigenvalue weighted by atomic mass is 10.1. The van der Waals surface area contributed by atoms with Gasteiger partial charge in [0.1, 0.15) is 0 Å². The molecule has 0 unspecified atom stereocenters. The molecule has 0 aliphatic carbocycles. The van der Waals surface area contributed by atoms with Gasteiger partial charge in [-0.15, -0.1) is 0 Å². The summed E-state index contributed by atoms with van der Waals surface area (Å²) in [7, 11) is 0. The van der Waals surface area contributed by atoms with E-state index in [-0.39, 0.29) is 17.0 Å². The average Bonchev–Trinajstić information content (AvgIpc) is 2.20. The van der Waals surface area contributed by atoms with Gasteiger partial charge in [0.15, 0.2) is 5.78 Å². The number of carboxylic acid groups (broad SMARTS) is 1. The highest BCUT2D eigenvalue weighted by atomic mass is 79.9. The minimum atomic E-state index is -1.60. The minimum absolute atomic E-state index is 0.183. The van der Waals surface area contributed by atoms with E-state index >= 15 is 0 Å². The van der Waals surface area contributed by atoms with Crippen LogP contribution in [0.4, 0.5) is 5.69 Å². The summed E-state index contributed by atoms with van der Waals surface area (Å²) < 4.78 is 0.672. The Morgan fingerprint density at radius 1 is 1.31 bits per heavy atom. The summed E-state index contributed by atoms with van der Waals surface area (Å²) in [6.45, 7) is 1.33. The van der Waals surface area contributed by atoms with Gasteiger partial charge in [-0.1, -0.05) is 15.9 Å². The number of anilines is 1. The van der Waals surface area contributed by atoms with E-state index < -0.39 is 11.9 Å². The van der Waals surface area contributed by atoms with Crippen molar-refractivity contribution in [2.24, 2.45) is 0 Å². The molecule has 0 aliphatic heterocycles. The van der Waals surface area contributed by atoms with E-state index in [4.69, 9.17) is 5.11 Å². The second kappa shape index (κ2) is 4.89. The molecule has 0 bridgehead atoms. The Bertz CT molecular complexity index is 470. The first-order chi connectivity index (χ1) is 7.41. The van der Waals surface area contributed by atoms with Gasteiger partial charge in [0.05, 0.1) is 5.69 Å². The Morgan fingerprint density at radius 3 is 2.44 bits per heavy atom. The fraction of sp³-hybridized carbons (Fsp3) is 0.100. The summed E-state index contributed by atoms with van der Waals surface area (Å²) in [6.07, 6.45) is 0. The van der Waals surface area contributed by atoms with E-state index in [1.165, 1.54) is 19.1 Å². The average molecular weight is 286 g/mol. The third-order valence-corrected chi connectivity index (χ3v) is 2.30. The van der Waals surface area contributed by atoms with Crippen molar-refractivity contribution in [2.75, 3.05) is 5.32 Å². The number of hydrogen-bond acceptors (Lipinski definition) is 3. The Hall–Kier alpha value is -1.69. The molecule has 84 valence electrons. The highest BCUT2D eigenvalue weighted by Crippen LogP contribution is 2.21. The number of Topliss-reactive ketones (excluding diaryl/α,β-unsaturated/α-hetero) is 1. The second-order valence-electron chi connectivity index (χ2n) is 3.01. The molecule has 0 fully saturated rings. The Kier molecular flexibility index (Phi) is 3.78. The van der Waals surface area contributed by atoms with Gasteiger partial charge in [-0.05, 0) is 25.1 Å². The summed E-state index contributed by atoms with van der Waals surface area (Å²) >= 11 is 3.18. The van der Waals surface area contributed by atoms with Gasteiger partial charge in [-0.2, -0.15) is 0 Å². The molecule has 0 aliphatic rings. The number of amides is 1. The summed E-state index contributed by atoms with van der Waals surface area (Å²) in [5.74, 6) is -3.04. The maximum Gasteiger partial charge on any atom is 0.394 e. The summed E-state index contributed by atoms with van der Waals surface area (Å²) in [5, 5.41) is 10.6. The van der Waals surface area contributed by atoms with Crippen LogP contribution < -0.4 is 5.32 Å². The number of carboxylic acids is 1. The largest absolute Gasteiger partial charge is 0.474 e. The van der Waals surface area contributed by atoms with Gasteiger partial charge in [0, 0.05) is 10.0 Å². The van der Waals surface area contributed by atoms with Crippen LogP contribution in [0.2, 0.25) is 0 Å². The monoisotopic (exact) mass is 285 g/mol. The van der Waals surface area contributed by atoms with Crippen LogP contribution in [0, 0.1) is 0 Å². The van der Waals surface area contributed by atoms with Crippen molar-refractivity contribution >= 4 is 39.3 Å². The molecular formula is C10H8BrNO4. The van der Waals surface area contributed by atoms with Crippen molar-refractivity contribution in [3.8, 4) is 0 Å². The van der Waals surface area contributed by atoms with Gasteiger partial charge in [0.2, 0.25) is 0 Å². The van der Waals surface area contributed by atoms with E-state index in [0.29, 0.717) is 4.47 Å². The molecule has 2 N–H and O–H groups in total. The molecule has 0 saturated heterocycles. The zero-order valence-corrected chi connectivity index (χ0v) is 9.87. The third kappa shape index (κ3) is 2.90. The number of ketones is 1. The van der Waals surface area contributed by atoms with Crippen molar-refractivity contribution in [1.29, 1.82) is 0 Å². The number of carbonyl (C=O) groups excluding carboxylic acids is 2. The third-order valence-electron chi connectivity index (χ3n) is 1.80. The molecule has 5 nitrogen and oxygen atoms in total. The molecule has 0 atom stereocenters. The van der Waals surface area contributed by atoms with Crippen LogP contribution in [-0.2, 0) is 9.59 Å². The van der Waals surface area contributed by atoms with Crippen molar-refractivity contribution in [2.45, 2.75) is 6.92 Å². The normalized spacial score (nSPS) is 9.62. The molecule has 6 heteroatoms. The number of nitrogens with one attached hydrogen (secondary N) is 1. The predicted octanol–water partition coefficient (Wildman–Crippen LogP) is 1.67. The molecule has 1 aromatic rings. The topological polar surface area (TPSA) is 83.5 Å². The van der Waals surface area contributed by atoms with Crippen LogP contribution in [0.1, 0.15) is 17.3 Å². The lowest BCUT2D eigenvalue weighted by Crippen LogP contribution is -2.22. The molecule has 1 amide bonds. The van der Waals surface area contributed by atoms with E-state index in [9.17, 15) is 14.4 Å². The summed E-state index contributed by atoms with van der Waals surface area (Å²) in [6, 6.07) is 4.57. The number of halogens is 1. The van der Waals surface area contributed by atoms with Crippen LogP contribution in [0.25, 0.3) is 0 Å². The lowest BCUT2D eigenvalue weighted by molar-refractivity contribution is -0.147. The molecule has 0 spiro atoms. The molecule has 0 aromatic heterocycles. The molecule has 0 heterocycles. The van der Waals surface area contributed by atoms with Crippen molar-refractivity contribution in [3.05, 3.63) is 28.2 Å². The number of rotatable bonds is 2. The van der Waals surface area contributed by atoms with Gasteiger partial charge in [-0.3, -0.25) is 9.59 Å². The highest BCUT2D eigenvalue weighted by Gasteiger charge is 2.15. The standard InChI is InChI=1S/C10H8BrNO4/c1-5(13)7-4-6(11)2-3-8(7)12-9(14)10(15)16/h2-4H,1H3,(H,12,14)(H,15,16). The van der Waals surface area contributed by atoms with E-state index in [1.54, 1.807) is 6.07 Å². The first-order valence-corrected chi connectivity index (χ1v) is 5.06. The predicted molar refractivity (Wildman–Crippen MR) is 60.4 cm³/mol. The second-order valence-corrected chi connectivity index (χ2v) is 3.92. The van der Waals surface area contributed by atoms with Gasteiger partial charge in [0.25, 0.3) is 0 Å². The number of hydrogen-bond donors (Lipinski definition) is 2. The Labute approximate surface area is 99.6 Å². The SMILES string of the molecule is CC(=O)c1cc(Br)ccc1NC(=O)C(=O)O. The molecule has 0 radical (unpaired) electrons. The molecule has 1 rings (SSSR count). The lowest BCUT2D eigenvalue weighted by Gasteiger charge is -2.07. The van der Waals surface area contributed by atoms with Crippen LogP contribution >= 0.6 is 15.9 Å². The van der Waals surface area contributed by atoms with Crippen LogP contribution in [0.3, 0.4) is 0 Å². The molecule has 1 aromatic carbocycles. The number of carbonyl (C=O) groups is 3. The van der Waals surface area contributed by atoms with Crippen LogP contribution in [0.5, 0.6) is 0 Å². The summed E-state index contributed by atoms with van der Waals surface area (Å²) in [5.41, 5.74) is 0.437. The zero-order valence-electron chi connectivity index (χ0n) is 8.28. The van der Waals surface area contributed by atoms with Gasteiger partial charge < -0.3 is 10.4 Å². The fourth-order valence-corrected chi connectivity index (χ4v) is 1.45. The van der Waals surface area contributed by atoms with Crippen molar-refractivity contribution in [3.63, 3.8) is 0 Å². The van der Waals surface area contributed by atoms with Crippen LogP contribution in [-0.4, -0.2) is 22.8 Å². The summed E-state index contributed by atoms with van der Waals surface area (Å²) in [4.78, 5) is 32.5. The Balaban J connectivity index is 3.09. The van der Waals surface area contributed by atoms with E-state index in [0.717, 1.165) is 0 Å². The first-order valence-electron chi connectivity index (χ1n) is 4.26. The fourth-order valence-electron chi connectivity index (χ4n) is 1.09. The van der Waals surface area contributed by atoms with Crippen molar-refractivity contribution < 1.29 is 19.5 Å². The quantitative estimate of drug-likeness (QED) is 0.640. The van der Waals surface area contributed by atoms with E-state index in [2.05, 4.69) is 21.2 Å². The molecule has 16 heavy (non-hydrogen) atoms. The van der Waals surface area contributed by atoms with Crippen molar-refractivity contribution in [1.82, 2.24) is 0 Å². The Morgan fingerprint density at radius 2 is 1.94 bits per heavy atom. The molecule has 0 saturated carbocycles. The smallest absolute Gasteiger partial charge is 0.394 e.